The predicted octanol–water partition coefficient (Wildman–Crippen LogP) is 1.66. The zero-order chi connectivity index (χ0) is 16.7. The van der Waals surface area contributed by atoms with E-state index in [-0.39, 0.29) is 13.0 Å². The number of rotatable bonds is 9. The summed E-state index contributed by atoms with van der Waals surface area (Å²) in [7, 11) is 2.93. The first kappa shape index (κ1) is 12.0. The number of likely N-dealkylation sites (N-methyl/N-ethyl adjacent to an activating group) is 1. The molecule has 0 heterocycles. The van der Waals surface area contributed by atoms with Crippen molar-refractivity contribution in [3.63, 3.8) is 0 Å². The topological polar surface area (TPSA) is 63.6 Å². The van der Waals surface area contributed by atoms with E-state index in [4.69, 9.17) is 14.0 Å². The van der Waals surface area contributed by atoms with Crippen LogP contribution in [0.15, 0.2) is 0 Å². The molecule has 0 aromatic rings. The largest absolute Gasteiger partial charge is 0.481 e. The van der Waals surface area contributed by atoms with E-state index < -0.39 is 35.9 Å². The van der Waals surface area contributed by atoms with Gasteiger partial charge < -0.3 is 14.3 Å². The van der Waals surface area contributed by atoms with Crippen LogP contribution in [-0.2, 0) is 14.3 Å². The molecule has 0 saturated carbocycles. The highest BCUT2D eigenvalue weighted by atomic mass is 16.5. The molecule has 0 saturated heterocycles. The lowest BCUT2D eigenvalue weighted by Crippen LogP contribution is -2.43. The summed E-state index contributed by atoms with van der Waals surface area (Å²) in [6.45, 7) is -0.359. The average molecular weight is 263 g/mol. The quantitative estimate of drug-likeness (QED) is 0.390. The maximum atomic E-state index is 11.7. The lowest BCUT2D eigenvalue weighted by atomic mass is 10.2. The second kappa shape index (κ2) is 8.08. The van der Waals surface area contributed by atoms with Gasteiger partial charge in [0.25, 0.3) is 0 Å². The summed E-state index contributed by atoms with van der Waals surface area (Å²) in [6.07, 6.45) is 1.45. The van der Waals surface area contributed by atoms with E-state index in [1.54, 1.807) is 0 Å². The number of carboxylic acid groups (broad SMARTS) is 1. The van der Waals surface area contributed by atoms with Crippen LogP contribution in [0.4, 0.5) is 0 Å². The van der Waals surface area contributed by atoms with Crippen molar-refractivity contribution >= 4 is 11.9 Å². The molecule has 0 aliphatic rings. The number of carbonyl (C=O) groups is 2. The van der Waals surface area contributed by atoms with Gasteiger partial charge in [-0.15, -0.1) is 0 Å². The van der Waals surface area contributed by atoms with Crippen LogP contribution in [0.3, 0.4) is 0 Å². The molecule has 0 aromatic carbocycles. The molecular weight excluding hydrogens is 234 g/mol. The zero-order valence-corrected chi connectivity index (χ0v) is 11.4. The van der Waals surface area contributed by atoms with Crippen LogP contribution in [0, 0.1) is 0 Å². The number of hydrogen-bond acceptors (Lipinski definition) is 3. The molecule has 0 bridgehead atoms. The fourth-order valence-electron chi connectivity index (χ4n) is 1.61. The fraction of sp³-hybridized carbons (Fsp3) is 0.846. The van der Waals surface area contributed by atoms with Crippen molar-refractivity contribution in [1.29, 1.82) is 0 Å². The molecule has 0 amide bonds. The summed E-state index contributed by atoms with van der Waals surface area (Å²) >= 11 is 0. The van der Waals surface area contributed by atoms with Gasteiger partial charge in [-0.1, -0.05) is 19.8 Å². The molecule has 0 aromatic heterocycles. The van der Waals surface area contributed by atoms with E-state index in [0.717, 1.165) is 12.8 Å². The Labute approximate surface area is 114 Å². The third-order valence-corrected chi connectivity index (χ3v) is 2.34. The van der Waals surface area contributed by atoms with Crippen molar-refractivity contribution < 1.29 is 28.0 Å². The third kappa shape index (κ3) is 10.1. The van der Waals surface area contributed by atoms with E-state index >= 15 is 0 Å². The molecule has 5 nitrogen and oxygen atoms in total. The molecular formula is C13H26NO4+. The normalized spacial score (nSPS) is 16.3. The number of quaternary nitrogens is 1. The molecule has 0 spiro atoms. The van der Waals surface area contributed by atoms with Crippen molar-refractivity contribution in [2.75, 3.05) is 27.6 Å². The van der Waals surface area contributed by atoms with Gasteiger partial charge in [-0.2, -0.15) is 0 Å². The molecule has 0 aliphatic heterocycles. The molecule has 5 heteroatoms. The minimum absolute atomic E-state index is 0.0671. The van der Waals surface area contributed by atoms with Crippen LogP contribution in [0.2, 0.25) is 0 Å². The standard InChI is InChI=1S/C13H25NO4/c1-5-6-7-8-13(17)18-11(9-12(15)16)10-14(2,3)4/h11H,5-10H2,1-4H3/p+1/t11-/m1/s1/i2D3. The zero-order valence-electron chi connectivity index (χ0n) is 14.4. The Kier molecular flexibility index (Phi) is 5.37. The molecule has 106 valence electrons. The Morgan fingerprint density at radius 2 is 2.06 bits per heavy atom. The summed E-state index contributed by atoms with van der Waals surface area (Å²) in [6, 6.07) is 0. The predicted molar refractivity (Wildman–Crippen MR) is 69.2 cm³/mol. The molecule has 18 heavy (non-hydrogen) atoms. The second-order valence-electron chi connectivity index (χ2n) is 5.03. The monoisotopic (exact) mass is 263 g/mol. The number of aliphatic carboxylic acids is 1. The minimum atomic E-state index is -2.30. The van der Waals surface area contributed by atoms with Crippen LogP contribution in [-0.4, -0.2) is 55.2 Å². The maximum Gasteiger partial charge on any atom is 0.307 e. The van der Waals surface area contributed by atoms with Gasteiger partial charge in [0.15, 0.2) is 6.10 Å². The van der Waals surface area contributed by atoms with E-state index in [0.29, 0.717) is 6.42 Å². The third-order valence-electron chi connectivity index (χ3n) is 2.34. The van der Waals surface area contributed by atoms with E-state index in [1.807, 2.05) is 6.92 Å². The van der Waals surface area contributed by atoms with Gasteiger partial charge in [-0.25, -0.2) is 0 Å². The second-order valence-corrected chi connectivity index (χ2v) is 5.03. The van der Waals surface area contributed by atoms with Crippen molar-refractivity contribution in [1.82, 2.24) is 0 Å². The lowest BCUT2D eigenvalue weighted by molar-refractivity contribution is -0.873. The van der Waals surface area contributed by atoms with Gasteiger partial charge in [0, 0.05) is 6.42 Å². The number of carbonyl (C=O) groups excluding carboxylic acids is 1. The van der Waals surface area contributed by atoms with Gasteiger partial charge in [0.05, 0.1) is 31.6 Å². The first-order chi connectivity index (χ1) is 9.49. The van der Waals surface area contributed by atoms with Gasteiger partial charge in [0.2, 0.25) is 0 Å². The highest BCUT2D eigenvalue weighted by Crippen LogP contribution is 2.08. The number of unbranched alkanes of at least 4 members (excludes halogenated alkanes) is 2. The highest BCUT2D eigenvalue weighted by Gasteiger charge is 2.24. The van der Waals surface area contributed by atoms with E-state index in [9.17, 15) is 9.59 Å². The van der Waals surface area contributed by atoms with Crippen LogP contribution >= 0.6 is 0 Å². The first-order valence-corrected chi connectivity index (χ1v) is 6.24. The molecule has 1 atom stereocenters. The Balaban J connectivity index is 4.66. The van der Waals surface area contributed by atoms with Gasteiger partial charge in [-0.05, 0) is 6.42 Å². The van der Waals surface area contributed by atoms with Crippen molar-refractivity contribution in [2.45, 2.75) is 45.1 Å². The summed E-state index contributed by atoms with van der Waals surface area (Å²) < 4.78 is 27.1. The van der Waals surface area contributed by atoms with Crippen LogP contribution in [0.5, 0.6) is 0 Å². The number of ether oxygens (including phenoxy) is 1. The molecule has 0 rings (SSSR count). The van der Waals surface area contributed by atoms with E-state index in [1.165, 1.54) is 14.1 Å². The van der Waals surface area contributed by atoms with Gasteiger partial charge in [-0.3, -0.25) is 9.59 Å². The van der Waals surface area contributed by atoms with Crippen molar-refractivity contribution in [3.8, 4) is 0 Å². The van der Waals surface area contributed by atoms with Crippen LogP contribution in [0.1, 0.15) is 43.1 Å². The maximum absolute atomic E-state index is 11.7. The number of nitrogens with zero attached hydrogens (tertiary/aromatic N) is 1. The van der Waals surface area contributed by atoms with Crippen LogP contribution in [0.25, 0.3) is 0 Å². The summed E-state index contributed by atoms with van der Waals surface area (Å²) in [5.74, 6) is -1.59. The lowest BCUT2D eigenvalue weighted by Gasteiger charge is -2.28. The number of esters is 1. The average Bonchev–Trinajstić information content (AvgIpc) is 2.25. The molecule has 0 unspecified atom stereocenters. The summed E-state index contributed by atoms with van der Waals surface area (Å²) in [5.41, 5.74) is 0. The van der Waals surface area contributed by atoms with E-state index in [2.05, 4.69) is 0 Å². The SMILES string of the molecule is [2H]C([2H])([2H])[N+](C)(C)C[C@@H](CC(=O)O)OC(=O)CCCCC. The number of hydrogen-bond donors (Lipinski definition) is 1. The summed E-state index contributed by atoms with van der Waals surface area (Å²) in [5, 5.41) is 8.87. The van der Waals surface area contributed by atoms with Gasteiger partial charge in [0.1, 0.15) is 6.54 Å². The molecule has 0 aliphatic carbocycles. The fourth-order valence-corrected chi connectivity index (χ4v) is 1.61. The smallest absolute Gasteiger partial charge is 0.307 e. The Morgan fingerprint density at radius 1 is 1.39 bits per heavy atom. The Morgan fingerprint density at radius 3 is 2.56 bits per heavy atom. The Bertz CT molecular complexity index is 356. The first-order valence-electron chi connectivity index (χ1n) is 7.74. The molecule has 0 radical (unpaired) electrons. The summed E-state index contributed by atoms with van der Waals surface area (Å²) in [4.78, 5) is 22.5. The highest BCUT2D eigenvalue weighted by molar-refractivity contribution is 5.71. The van der Waals surface area contributed by atoms with Gasteiger partial charge >= 0.3 is 11.9 Å². The van der Waals surface area contributed by atoms with Crippen molar-refractivity contribution in [3.05, 3.63) is 0 Å². The minimum Gasteiger partial charge on any atom is -0.481 e. The Hall–Kier alpha value is -1.10. The molecule has 0 fully saturated rings. The van der Waals surface area contributed by atoms with Crippen molar-refractivity contribution in [2.24, 2.45) is 0 Å². The van der Waals surface area contributed by atoms with Crippen LogP contribution < -0.4 is 0 Å². The number of carboxylic acids is 1. The molecule has 1 N–H and O–H groups in total.